The SMILES string of the molecule is O=C(O)c1cc(-c2ccccc2)n(Cc2ccc(Cl)cc2Cl)n1. The molecule has 4 nitrogen and oxygen atoms in total. The third kappa shape index (κ3) is 3.38. The molecule has 0 saturated carbocycles. The Kier molecular flexibility index (Phi) is 4.37. The third-order valence-electron chi connectivity index (χ3n) is 3.40. The van der Waals surface area contributed by atoms with Gasteiger partial charge in [0.25, 0.3) is 0 Å². The molecular weight excluding hydrogens is 335 g/mol. The summed E-state index contributed by atoms with van der Waals surface area (Å²) >= 11 is 12.1. The standard InChI is InChI=1S/C17H12Cl2N2O2/c18-13-7-6-12(14(19)8-13)10-21-16(9-15(20-21)17(22)23)11-4-2-1-3-5-11/h1-9H,10H2,(H,22,23). The molecule has 0 saturated heterocycles. The Morgan fingerprint density at radius 1 is 1.09 bits per heavy atom. The first kappa shape index (κ1) is 15.6. The van der Waals surface area contributed by atoms with Crippen molar-refractivity contribution in [3.05, 3.63) is 75.9 Å². The highest BCUT2D eigenvalue weighted by Gasteiger charge is 2.15. The Labute approximate surface area is 142 Å². The number of carboxylic acid groups (broad SMARTS) is 1. The van der Waals surface area contributed by atoms with Crippen LogP contribution < -0.4 is 0 Å². The molecule has 1 aromatic heterocycles. The lowest BCUT2D eigenvalue weighted by Gasteiger charge is -2.09. The normalized spacial score (nSPS) is 10.7. The summed E-state index contributed by atoms with van der Waals surface area (Å²) in [6.45, 7) is 0.355. The van der Waals surface area contributed by atoms with Gasteiger partial charge in [0.15, 0.2) is 5.69 Å². The molecule has 1 N–H and O–H groups in total. The van der Waals surface area contributed by atoms with E-state index < -0.39 is 5.97 Å². The zero-order valence-electron chi connectivity index (χ0n) is 11.9. The van der Waals surface area contributed by atoms with Gasteiger partial charge in [-0.05, 0) is 29.3 Å². The summed E-state index contributed by atoms with van der Waals surface area (Å²) < 4.78 is 1.63. The van der Waals surface area contributed by atoms with Crippen LogP contribution in [0.25, 0.3) is 11.3 Å². The van der Waals surface area contributed by atoms with Crippen LogP contribution in [-0.2, 0) is 6.54 Å². The molecule has 0 aliphatic heterocycles. The quantitative estimate of drug-likeness (QED) is 0.750. The van der Waals surface area contributed by atoms with E-state index in [0.717, 1.165) is 11.1 Å². The number of aromatic nitrogens is 2. The van der Waals surface area contributed by atoms with E-state index in [1.165, 1.54) is 0 Å². The highest BCUT2D eigenvalue weighted by Crippen LogP contribution is 2.25. The maximum Gasteiger partial charge on any atom is 0.356 e. The number of hydrogen-bond donors (Lipinski definition) is 1. The number of benzene rings is 2. The van der Waals surface area contributed by atoms with Gasteiger partial charge in [-0.3, -0.25) is 4.68 Å². The van der Waals surface area contributed by atoms with E-state index in [9.17, 15) is 9.90 Å². The monoisotopic (exact) mass is 346 g/mol. The molecule has 1 heterocycles. The predicted molar refractivity (Wildman–Crippen MR) is 90.2 cm³/mol. The molecule has 0 bridgehead atoms. The lowest BCUT2D eigenvalue weighted by Crippen LogP contribution is -2.06. The van der Waals surface area contributed by atoms with Crippen molar-refractivity contribution in [1.82, 2.24) is 9.78 Å². The fourth-order valence-electron chi connectivity index (χ4n) is 2.29. The Morgan fingerprint density at radius 2 is 1.83 bits per heavy atom. The summed E-state index contributed by atoms with van der Waals surface area (Å²) in [4.78, 5) is 11.2. The van der Waals surface area contributed by atoms with Crippen molar-refractivity contribution < 1.29 is 9.90 Å². The fraction of sp³-hybridized carbons (Fsp3) is 0.0588. The number of halogens is 2. The van der Waals surface area contributed by atoms with Gasteiger partial charge in [-0.25, -0.2) is 4.79 Å². The van der Waals surface area contributed by atoms with Crippen molar-refractivity contribution in [2.75, 3.05) is 0 Å². The fourth-order valence-corrected chi connectivity index (χ4v) is 2.76. The molecule has 116 valence electrons. The van der Waals surface area contributed by atoms with Gasteiger partial charge in [0.2, 0.25) is 0 Å². The molecule has 2 aromatic carbocycles. The van der Waals surface area contributed by atoms with Crippen LogP contribution in [0.2, 0.25) is 10.0 Å². The summed E-state index contributed by atoms with van der Waals surface area (Å²) in [5, 5.41) is 14.4. The van der Waals surface area contributed by atoms with Gasteiger partial charge in [-0.1, -0.05) is 59.6 Å². The highest BCUT2D eigenvalue weighted by molar-refractivity contribution is 6.35. The van der Waals surface area contributed by atoms with Crippen LogP contribution >= 0.6 is 23.2 Å². The van der Waals surface area contributed by atoms with Crippen molar-refractivity contribution in [3.63, 3.8) is 0 Å². The van der Waals surface area contributed by atoms with Gasteiger partial charge < -0.3 is 5.11 Å². The Hall–Kier alpha value is -2.30. The first-order valence-electron chi connectivity index (χ1n) is 6.85. The molecule has 3 rings (SSSR count). The molecule has 3 aromatic rings. The van der Waals surface area contributed by atoms with Gasteiger partial charge in [0, 0.05) is 10.0 Å². The molecule has 0 aliphatic rings. The molecular formula is C17H12Cl2N2O2. The molecule has 0 spiro atoms. The summed E-state index contributed by atoms with van der Waals surface area (Å²) in [6.07, 6.45) is 0. The molecule has 0 radical (unpaired) electrons. The van der Waals surface area contributed by atoms with Crippen LogP contribution in [0.15, 0.2) is 54.6 Å². The van der Waals surface area contributed by atoms with Gasteiger partial charge >= 0.3 is 5.97 Å². The van der Waals surface area contributed by atoms with Gasteiger partial charge in [0.1, 0.15) is 0 Å². The van der Waals surface area contributed by atoms with Crippen LogP contribution in [0.5, 0.6) is 0 Å². The van der Waals surface area contributed by atoms with Gasteiger partial charge in [-0.15, -0.1) is 0 Å². The number of carbonyl (C=O) groups is 1. The summed E-state index contributed by atoms with van der Waals surface area (Å²) in [6, 6.07) is 16.3. The number of nitrogens with zero attached hydrogens (tertiary/aromatic N) is 2. The molecule has 0 atom stereocenters. The van der Waals surface area contributed by atoms with E-state index in [1.807, 2.05) is 36.4 Å². The third-order valence-corrected chi connectivity index (χ3v) is 3.99. The highest BCUT2D eigenvalue weighted by atomic mass is 35.5. The van der Waals surface area contributed by atoms with Crippen molar-refractivity contribution in [3.8, 4) is 11.3 Å². The van der Waals surface area contributed by atoms with E-state index in [1.54, 1.807) is 22.9 Å². The minimum Gasteiger partial charge on any atom is -0.476 e. The van der Waals surface area contributed by atoms with E-state index in [0.29, 0.717) is 22.3 Å². The maximum absolute atomic E-state index is 11.2. The summed E-state index contributed by atoms with van der Waals surface area (Å²) in [5.41, 5.74) is 2.41. The van der Waals surface area contributed by atoms with Crippen LogP contribution in [0, 0.1) is 0 Å². The smallest absolute Gasteiger partial charge is 0.356 e. The Morgan fingerprint density at radius 3 is 2.48 bits per heavy atom. The summed E-state index contributed by atoms with van der Waals surface area (Å²) in [7, 11) is 0. The second-order valence-corrected chi connectivity index (χ2v) is 5.82. The van der Waals surface area contributed by atoms with Crippen molar-refractivity contribution >= 4 is 29.2 Å². The zero-order chi connectivity index (χ0) is 16.4. The van der Waals surface area contributed by atoms with Crippen LogP contribution in [0.4, 0.5) is 0 Å². The van der Waals surface area contributed by atoms with E-state index in [2.05, 4.69) is 5.10 Å². The van der Waals surface area contributed by atoms with Crippen LogP contribution in [0.3, 0.4) is 0 Å². The number of hydrogen-bond acceptors (Lipinski definition) is 2. The zero-order valence-corrected chi connectivity index (χ0v) is 13.4. The van der Waals surface area contributed by atoms with Crippen LogP contribution in [0.1, 0.15) is 16.1 Å². The molecule has 23 heavy (non-hydrogen) atoms. The molecule has 0 unspecified atom stereocenters. The Bertz CT molecular complexity index is 860. The average molecular weight is 347 g/mol. The van der Waals surface area contributed by atoms with Gasteiger partial charge in [-0.2, -0.15) is 5.10 Å². The van der Waals surface area contributed by atoms with E-state index >= 15 is 0 Å². The Balaban J connectivity index is 2.05. The van der Waals surface area contributed by atoms with E-state index in [-0.39, 0.29) is 5.69 Å². The van der Waals surface area contributed by atoms with Crippen molar-refractivity contribution in [1.29, 1.82) is 0 Å². The average Bonchev–Trinajstić information content (AvgIpc) is 2.95. The largest absolute Gasteiger partial charge is 0.476 e. The topological polar surface area (TPSA) is 55.1 Å². The van der Waals surface area contributed by atoms with E-state index in [4.69, 9.17) is 23.2 Å². The first-order chi connectivity index (χ1) is 11.0. The minimum absolute atomic E-state index is 0.00561. The van der Waals surface area contributed by atoms with Crippen molar-refractivity contribution in [2.45, 2.75) is 6.54 Å². The first-order valence-corrected chi connectivity index (χ1v) is 7.60. The lowest BCUT2D eigenvalue weighted by atomic mass is 10.1. The predicted octanol–water partition coefficient (Wildman–Crippen LogP) is 4.60. The van der Waals surface area contributed by atoms with Crippen LogP contribution in [-0.4, -0.2) is 20.9 Å². The minimum atomic E-state index is -1.07. The second kappa shape index (κ2) is 6.44. The van der Waals surface area contributed by atoms with Crippen molar-refractivity contribution in [2.24, 2.45) is 0 Å². The van der Waals surface area contributed by atoms with Gasteiger partial charge in [0.05, 0.1) is 12.2 Å². The lowest BCUT2D eigenvalue weighted by molar-refractivity contribution is 0.0689. The second-order valence-electron chi connectivity index (χ2n) is 4.98. The molecule has 0 amide bonds. The summed E-state index contributed by atoms with van der Waals surface area (Å²) in [5.74, 6) is -1.07. The molecule has 0 aliphatic carbocycles. The number of rotatable bonds is 4. The number of carboxylic acids is 1. The molecule has 6 heteroatoms. The number of aromatic carboxylic acids is 1. The maximum atomic E-state index is 11.2. The molecule has 0 fully saturated rings.